The molecule has 2 aromatic carbocycles. The normalized spacial score (nSPS) is 16.1. The van der Waals surface area contributed by atoms with Crippen LogP contribution >= 0.6 is 0 Å². The van der Waals surface area contributed by atoms with Gasteiger partial charge in [0.2, 0.25) is 5.91 Å². The van der Waals surface area contributed by atoms with Crippen molar-refractivity contribution >= 4 is 16.0 Å². The molecule has 0 saturated carbocycles. The van der Waals surface area contributed by atoms with Crippen LogP contribution in [0.1, 0.15) is 38.7 Å². The standard InChI is InChI=1S/C24H30FNO6S/c1-17(2)13-24(27)26(16-20-5-4-12-31-20)15-18-6-11-22(30-3)23(14-18)32-33(28,29)21-9-7-19(25)8-10-21/h6-11,14,17,20H,4-5,12-13,15-16H2,1-3H3. The van der Waals surface area contributed by atoms with Crippen molar-refractivity contribution in [2.75, 3.05) is 20.3 Å². The van der Waals surface area contributed by atoms with Crippen LogP contribution in [0.2, 0.25) is 0 Å². The number of amides is 1. The first kappa shape index (κ1) is 25.0. The summed E-state index contributed by atoms with van der Waals surface area (Å²) in [4.78, 5) is 14.5. The Balaban J connectivity index is 1.84. The van der Waals surface area contributed by atoms with Crippen molar-refractivity contribution in [2.24, 2.45) is 5.92 Å². The van der Waals surface area contributed by atoms with E-state index in [-0.39, 0.29) is 40.9 Å². The summed E-state index contributed by atoms with van der Waals surface area (Å²) in [5, 5.41) is 0. The number of nitrogens with zero attached hydrogens (tertiary/aromatic N) is 1. The fraction of sp³-hybridized carbons (Fsp3) is 0.458. The molecule has 1 amide bonds. The van der Waals surface area contributed by atoms with Crippen LogP contribution in [0.3, 0.4) is 0 Å². The van der Waals surface area contributed by atoms with Crippen LogP contribution in [0.5, 0.6) is 11.5 Å². The maximum absolute atomic E-state index is 13.2. The summed E-state index contributed by atoms with van der Waals surface area (Å²) in [5.74, 6) is -0.111. The first-order valence-corrected chi connectivity index (χ1v) is 12.3. The number of hydrogen-bond acceptors (Lipinski definition) is 6. The van der Waals surface area contributed by atoms with Crippen molar-refractivity contribution < 1.29 is 31.3 Å². The van der Waals surface area contributed by atoms with E-state index in [1.165, 1.54) is 7.11 Å². The Bertz CT molecular complexity index is 1050. The minimum atomic E-state index is -4.21. The Labute approximate surface area is 194 Å². The number of carbonyl (C=O) groups is 1. The molecule has 1 saturated heterocycles. The van der Waals surface area contributed by atoms with Crippen LogP contribution in [0, 0.1) is 11.7 Å². The van der Waals surface area contributed by atoms with Gasteiger partial charge in [-0.25, -0.2) is 4.39 Å². The van der Waals surface area contributed by atoms with Crippen LogP contribution in [0.25, 0.3) is 0 Å². The highest BCUT2D eigenvalue weighted by Crippen LogP contribution is 2.31. The molecule has 0 aliphatic carbocycles. The highest BCUT2D eigenvalue weighted by Gasteiger charge is 2.24. The molecule has 1 fully saturated rings. The number of methoxy groups -OCH3 is 1. The fourth-order valence-corrected chi connectivity index (χ4v) is 4.57. The van der Waals surface area contributed by atoms with Crippen LogP contribution in [-0.2, 0) is 26.2 Å². The molecule has 2 aromatic rings. The molecule has 0 spiro atoms. The van der Waals surface area contributed by atoms with Crippen molar-refractivity contribution in [1.29, 1.82) is 0 Å². The van der Waals surface area contributed by atoms with Gasteiger partial charge < -0.3 is 18.6 Å². The Morgan fingerprint density at radius 1 is 1.18 bits per heavy atom. The third-order valence-corrected chi connectivity index (χ3v) is 6.54. The Kier molecular flexibility index (Phi) is 8.31. The predicted octanol–water partition coefficient (Wildman–Crippen LogP) is 4.16. The monoisotopic (exact) mass is 479 g/mol. The van der Waals surface area contributed by atoms with Gasteiger partial charge in [-0.05, 0) is 60.7 Å². The molecule has 180 valence electrons. The van der Waals surface area contributed by atoms with Gasteiger partial charge in [0.15, 0.2) is 11.5 Å². The second-order valence-electron chi connectivity index (χ2n) is 8.48. The zero-order valence-corrected chi connectivity index (χ0v) is 19.9. The second kappa shape index (κ2) is 11.0. The molecule has 1 heterocycles. The van der Waals surface area contributed by atoms with Crippen LogP contribution < -0.4 is 8.92 Å². The van der Waals surface area contributed by atoms with E-state index in [1.54, 1.807) is 23.1 Å². The van der Waals surface area contributed by atoms with Gasteiger partial charge in [0.05, 0.1) is 13.2 Å². The van der Waals surface area contributed by atoms with E-state index in [2.05, 4.69) is 0 Å². The largest absolute Gasteiger partial charge is 0.493 e. The lowest BCUT2D eigenvalue weighted by molar-refractivity contribution is -0.134. The van der Waals surface area contributed by atoms with Gasteiger partial charge in [0.1, 0.15) is 10.7 Å². The number of hydrogen-bond donors (Lipinski definition) is 0. The van der Waals surface area contributed by atoms with E-state index >= 15 is 0 Å². The summed E-state index contributed by atoms with van der Waals surface area (Å²) in [6.45, 7) is 5.42. The van der Waals surface area contributed by atoms with Gasteiger partial charge in [0.25, 0.3) is 0 Å². The van der Waals surface area contributed by atoms with Crippen molar-refractivity contribution in [3.05, 3.63) is 53.8 Å². The number of ether oxygens (including phenoxy) is 2. The van der Waals surface area contributed by atoms with E-state index < -0.39 is 15.9 Å². The molecule has 1 aliphatic heterocycles. The van der Waals surface area contributed by atoms with E-state index in [0.717, 1.165) is 37.1 Å². The summed E-state index contributed by atoms with van der Waals surface area (Å²) < 4.78 is 54.9. The highest BCUT2D eigenvalue weighted by atomic mass is 32.2. The summed E-state index contributed by atoms with van der Waals surface area (Å²) in [6, 6.07) is 9.28. The molecule has 1 unspecified atom stereocenters. The second-order valence-corrected chi connectivity index (χ2v) is 10.0. The maximum Gasteiger partial charge on any atom is 0.339 e. The van der Waals surface area contributed by atoms with Crippen molar-refractivity contribution in [2.45, 2.75) is 50.7 Å². The molecule has 33 heavy (non-hydrogen) atoms. The number of rotatable bonds is 10. The Morgan fingerprint density at radius 2 is 1.91 bits per heavy atom. The lowest BCUT2D eigenvalue weighted by Crippen LogP contribution is -2.37. The zero-order valence-electron chi connectivity index (χ0n) is 19.1. The SMILES string of the molecule is COc1ccc(CN(CC2CCCO2)C(=O)CC(C)C)cc1OS(=O)(=O)c1ccc(F)cc1. The maximum atomic E-state index is 13.2. The molecule has 0 aromatic heterocycles. The first-order valence-electron chi connectivity index (χ1n) is 10.9. The van der Waals surface area contributed by atoms with Gasteiger partial charge in [-0.3, -0.25) is 4.79 Å². The molecule has 1 aliphatic rings. The number of carbonyl (C=O) groups excluding carboxylic acids is 1. The van der Waals surface area contributed by atoms with Gasteiger partial charge in [-0.2, -0.15) is 8.42 Å². The minimum absolute atomic E-state index is 0.00562. The molecule has 0 bridgehead atoms. The molecular weight excluding hydrogens is 449 g/mol. The van der Waals surface area contributed by atoms with Crippen LogP contribution in [-0.4, -0.2) is 45.6 Å². The summed E-state index contributed by atoms with van der Waals surface area (Å²) in [7, 11) is -2.80. The molecule has 3 rings (SSSR count). The highest BCUT2D eigenvalue weighted by molar-refractivity contribution is 7.87. The van der Waals surface area contributed by atoms with Gasteiger partial charge in [-0.1, -0.05) is 19.9 Å². The van der Waals surface area contributed by atoms with Crippen LogP contribution in [0.15, 0.2) is 47.4 Å². The van der Waals surface area contributed by atoms with E-state index in [9.17, 15) is 17.6 Å². The Morgan fingerprint density at radius 3 is 2.52 bits per heavy atom. The van der Waals surface area contributed by atoms with E-state index in [1.807, 2.05) is 13.8 Å². The van der Waals surface area contributed by atoms with E-state index in [0.29, 0.717) is 25.1 Å². The third kappa shape index (κ3) is 6.91. The van der Waals surface area contributed by atoms with Crippen molar-refractivity contribution in [3.63, 3.8) is 0 Å². The third-order valence-electron chi connectivity index (χ3n) is 5.29. The summed E-state index contributed by atoms with van der Waals surface area (Å²) in [6.07, 6.45) is 2.27. The lowest BCUT2D eigenvalue weighted by atomic mass is 10.1. The fourth-order valence-electron chi connectivity index (χ4n) is 3.64. The molecule has 7 nitrogen and oxygen atoms in total. The summed E-state index contributed by atoms with van der Waals surface area (Å²) in [5.41, 5.74) is 0.690. The first-order chi connectivity index (χ1) is 15.7. The lowest BCUT2D eigenvalue weighted by Gasteiger charge is -2.26. The average Bonchev–Trinajstić information content (AvgIpc) is 3.26. The zero-order chi connectivity index (χ0) is 24.0. The average molecular weight is 480 g/mol. The topological polar surface area (TPSA) is 82.1 Å². The van der Waals surface area contributed by atoms with Crippen LogP contribution in [0.4, 0.5) is 4.39 Å². The summed E-state index contributed by atoms with van der Waals surface area (Å²) >= 11 is 0. The smallest absolute Gasteiger partial charge is 0.339 e. The molecule has 9 heteroatoms. The Hall–Kier alpha value is -2.65. The molecule has 1 atom stereocenters. The number of halogens is 1. The minimum Gasteiger partial charge on any atom is -0.493 e. The number of benzene rings is 2. The molecular formula is C24H30FNO6S. The van der Waals surface area contributed by atoms with Crippen molar-refractivity contribution in [1.82, 2.24) is 4.90 Å². The molecule has 0 radical (unpaired) electrons. The quantitative estimate of drug-likeness (QED) is 0.476. The van der Waals surface area contributed by atoms with Crippen molar-refractivity contribution in [3.8, 4) is 11.5 Å². The van der Waals surface area contributed by atoms with Gasteiger partial charge in [0, 0.05) is 26.1 Å². The predicted molar refractivity (Wildman–Crippen MR) is 121 cm³/mol. The van der Waals surface area contributed by atoms with E-state index in [4.69, 9.17) is 13.7 Å². The molecule has 0 N–H and O–H groups in total. The van der Waals surface area contributed by atoms with Gasteiger partial charge >= 0.3 is 10.1 Å². The van der Waals surface area contributed by atoms with Gasteiger partial charge in [-0.15, -0.1) is 0 Å².